The van der Waals surface area contributed by atoms with E-state index in [1.54, 1.807) is 0 Å². The van der Waals surface area contributed by atoms with Crippen LogP contribution in [-0.2, 0) is 11.2 Å². The average Bonchev–Trinajstić information content (AvgIpc) is 3.04. The number of morpholine rings is 1. The minimum Gasteiger partial charge on any atom is -0.378 e. The zero-order chi connectivity index (χ0) is 17.2. The molecule has 0 saturated carbocycles. The van der Waals surface area contributed by atoms with Gasteiger partial charge in [0.25, 0.3) is 0 Å². The van der Waals surface area contributed by atoms with Crippen LogP contribution < -0.4 is 5.73 Å². The number of hydrogen-bond acceptors (Lipinski definition) is 3. The Morgan fingerprint density at radius 1 is 1.00 bits per heavy atom. The molecule has 1 fully saturated rings. The molecule has 0 bridgehead atoms. The van der Waals surface area contributed by atoms with Crippen molar-refractivity contribution < 1.29 is 4.74 Å². The van der Waals surface area contributed by atoms with Gasteiger partial charge in [-0.3, -0.25) is 0 Å². The van der Waals surface area contributed by atoms with Crippen molar-refractivity contribution in [2.45, 2.75) is 13.3 Å². The Labute approximate surface area is 147 Å². The van der Waals surface area contributed by atoms with Crippen LogP contribution in [0.1, 0.15) is 23.6 Å². The molecule has 2 aromatic rings. The third kappa shape index (κ3) is 3.15. The number of hydrogen-bond donors (Lipinski definition) is 1. The van der Waals surface area contributed by atoms with Crippen LogP contribution in [0.2, 0.25) is 0 Å². The van der Waals surface area contributed by atoms with Gasteiger partial charge in [0.15, 0.2) is 0 Å². The highest BCUT2D eigenvalue weighted by atomic mass is 16.5. The van der Waals surface area contributed by atoms with E-state index in [9.17, 15) is 0 Å². The van der Waals surface area contributed by atoms with Gasteiger partial charge in [-0.15, -0.1) is 5.10 Å². The van der Waals surface area contributed by atoms with Crippen LogP contribution in [0.4, 0.5) is 0 Å². The van der Waals surface area contributed by atoms with Crippen molar-refractivity contribution in [3.63, 3.8) is 0 Å². The second-order valence-electron chi connectivity index (χ2n) is 6.45. The molecule has 0 spiro atoms. The van der Waals surface area contributed by atoms with E-state index in [1.807, 2.05) is 11.8 Å². The summed E-state index contributed by atoms with van der Waals surface area (Å²) in [4.78, 5) is 2.00. The number of nitrogens with two attached hydrogens (primary N) is 1. The summed E-state index contributed by atoms with van der Waals surface area (Å²) in [6.45, 7) is 4.87. The molecular formula is C20H22N4O. The van der Waals surface area contributed by atoms with Crippen LogP contribution in [0.3, 0.4) is 0 Å². The average molecular weight is 334 g/mol. The lowest BCUT2D eigenvalue weighted by Gasteiger charge is -2.26. The van der Waals surface area contributed by atoms with Crippen LogP contribution in [-0.4, -0.2) is 42.9 Å². The Bertz CT molecular complexity index is 851. The molecule has 0 atom stereocenters. The van der Waals surface area contributed by atoms with Gasteiger partial charge in [0.2, 0.25) is 5.96 Å². The maximum atomic E-state index is 6.04. The van der Waals surface area contributed by atoms with E-state index >= 15 is 0 Å². The molecule has 0 amide bonds. The highest BCUT2D eigenvalue weighted by Gasteiger charge is 2.18. The van der Waals surface area contributed by atoms with Gasteiger partial charge in [-0.05, 0) is 47.2 Å². The van der Waals surface area contributed by atoms with Gasteiger partial charge in [0.05, 0.1) is 18.9 Å². The van der Waals surface area contributed by atoms with Crippen molar-refractivity contribution >= 4 is 11.7 Å². The van der Waals surface area contributed by atoms with Crippen LogP contribution in [0.5, 0.6) is 0 Å². The molecule has 1 aliphatic carbocycles. The molecule has 1 saturated heterocycles. The summed E-state index contributed by atoms with van der Waals surface area (Å²) < 4.78 is 5.33. The number of rotatable bonds is 2. The molecule has 0 radical (unpaired) electrons. The molecule has 2 aliphatic rings. The van der Waals surface area contributed by atoms with Gasteiger partial charge < -0.3 is 15.4 Å². The highest BCUT2D eigenvalue weighted by Crippen LogP contribution is 2.36. The second-order valence-corrected chi connectivity index (χ2v) is 6.45. The van der Waals surface area contributed by atoms with Gasteiger partial charge in [-0.2, -0.15) is 5.10 Å². The number of guanidine groups is 1. The SMILES string of the molecule is C/C(=N\N=C(/N)N1CCOCC1)c1ccc2c(c1)Cc1ccccc1-2. The molecule has 25 heavy (non-hydrogen) atoms. The molecule has 0 aromatic heterocycles. The fraction of sp³-hybridized carbons (Fsp3) is 0.300. The van der Waals surface area contributed by atoms with Crippen LogP contribution in [0.25, 0.3) is 11.1 Å². The third-order valence-corrected chi connectivity index (χ3v) is 4.85. The van der Waals surface area contributed by atoms with E-state index in [0.717, 1.165) is 30.8 Å². The molecule has 2 N–H and O–H groups in total. The predicted molar refractivity (Wildman–Crippen MR) is 101 cm³/mol. The lowest BCUT2D eigenvalue weighted by atomic mass is 10.0. The summed E-state index contributed by atoms with van der Waals surface area (Å²) in [5, 5.41) is 8.55. The molecule has 5 nitrogen and oxygen atoms in total. The number of ether oxygens (including phenoxy) is 1. The summed E-state index contributed by atoms with van der Waals surface area (Å²) in [5.74, 6) is 0.455. The van der Waals surface area contributed by atoms with Crippen molar-refractivity contribution in [3.8, 4) is 11.1 Å². The van der Waals surface area contributed by atoms with E-state index in [0.29, 0.717) is 19.2 Å². The lowest BCUT2D eigenvalue weighted by Crippen LogP contribution is -2.44. The van der Waals surface area contributed by atoms with E-state index in [2.05, 4.69) is 52.7 Å². The fourth-order valence-electron chi connectivity index (χ4n) is 3.41. The molecule has 2 aromatic carbocycles. The highest BCUT2D eigenvalue weighted by molar-refractivity contribution is 6.00. The van der Waals surface area contributed by atoms with Gasteiger partial charge in [-0.25, -0.2) is 0 Å². The van der Waals surface area contributed by atoms with Crippen molar-refractivity contribution in [2.24, 2.45) is 15.9 Å². The number of fused-ring (bicyclic) bond motifs is 3. The fourth-order valence-corrected chi connectivity index (χ4v) is 3.41. The molecule has 1 aliphatic heterocycles. The van der Waals surface area contributed by atoms with Crippen LogP contribution in [0.15, 0.2) is 52.7 Å². The molecule has 1 heterocycles. The van der Waals surface area contributed by atoms with Crippen LogP contribution >= 0.6 is 0 Å². The Morgan fingerprint density at radius 2 is 1.76 bits per heavy atom. The van der Waals surface area contributed by atoms with Crippen molar-refractivity contribution in [1.29, 1.82) is 0 Å². The first-order valence-electron chi connectivity index (χ1n) is 8.64. The van der Waals surface area contributed by atoms with E-state index in [1.165, 1.54) is 22.3 Å². The largest absolute Gasteiger partial charge is 0.378 e. The zero-order valence-electron chi connectivity index (χ0n) is 14.4. The van der Waals surface area contributed by atoms with E-state index in [4.69, 9.17) is 10.5 Å². The first-order chi connectivity index (χ1) is 12.2. The van der Waals surface area contributed by atoms with Gasteiger partial charge in [-0.1, -0.05) is 36.4 Å². The Morgan fingerprint density at radius 3 is 2.60 bits per heavy atom. The Balaban J connectivity index is 1.55. The molecule has 5 heteroatoms. The summed E-state index contributed by atoms with van der Waals surface area (Å²) in [6, 6.07) is 15.1. The van der Waals surface area contributed by atoms with Crippen LogP contribution in [0, 0.1) is 0 Å². The summed E-state index contributed by atoms with van der Waals surface area (Å²) >= 11 is 0. The monoisotopic (exact) mass is 334 g/mol. The Kier molecular flexibility index (Phi) is 4.24. The molecule has 0 unspecified atom stereocenters. The standard InChI is InChI=1S/C20H22N4O/c1-14(22-23-20(21)24-8-10-25-11-9-24)15-6-7-19-17(12-15)13-16-4-2-3-5-18(16)19/h2-7,12H,8-11,13H2,1H3,(H2,21,23)/b22-14+. The maximum Gasteiger partial charge on any atom is 0.216 e. The summed E-state index contributed by atoms with van der Waals surface area (Å²) in [7, 11) is 0. The quantitative estimate of drug-likeness (QED) is 0.445. The van der Waals surface area contributed by atoms with E-state index < -0.39 is 0 Å². The predicted octanol–water partition coefficient (Wildman–Crippen LogP) is 2.63. The molecule has 4 rings (SSSR count). The summed E-state index contributed by atoms with van der Waals surface area (Å²) in [5.41, 5.74) is 13.4. The summed E-state index contributed by atoms with van der Waals surface area (Å²) in [6.07, 6.45) is 0.978. The van der Waals surface area contributed by atoms with Gasteiger partial charge >= 0.3 is 0 Å². The van der Waals surface area contributed by atoms with Crippen molar-refractivity contribution in [3.05, 3.63) is 59.2 Å². The zero-order valence-corrected chi connectivity index (χ0v) is 14.4. The molecule has 128 valence electrons. The van der Waals surface area contributed by atoms with Crippen molar-refractivity contribution in [1.82, 2.24) is 4.90 Å². The van der Waals surface area contributed by atoms with Crippen molar-refractivity contribution in [2.75, 3.05) is 26.3 Å². The molecular weight excluding hydrogens is 312 g/mol. The minimum absolute atomic E-state index is 0.455. The first-order valence-corrected chi connectivity index (χ1v) is 8.64. The third-order valence-electron chi connectivity index (χ3n) is 4.85. The lowest BCUT2D eigenvalue weighted by molar-refractivity contribution is 0.0674. The van der Waals surface area contributed by atoms with Gasteiger partial charge in [0.1, 0.15) is 0 Å². The second kappa shape index (κ2) is 6.69. The normalized spacial score (nSPS) is 17.4. The number of nitrogens with zero attached hydrogens (tertiary/aromatic N) is 3. The smallest absolute Gasteiger partial charge is 0.216 e. The topological polar surface area (TPSA) is 63.2 Å². The maximum absolute atomic E-state index is 6.04. The number of benzene rings is 2. The van der Waals surface area contributed by atoms with Gasteiger partial charge in [0, 0.05) is 13.1 Å². The minimum atomic E-state index is 0.455. The van der Waals surface area contributed by atoms with E-state index in [-0.39, 0.29) is 0 Å². The first kappa shape index (κ1) is 15.8. The Hall–Kier alpha value is -2.66.